The summed E-state index contributed by atoms with van der Waals surface area (Å²) >= 11 is 0. The Morgan fingerprint density at radius 1 is 1.47 bits per heavy atom. The molecule has 0 aliphatic rings. The second-order valence-corrected chi connectivity index (χ2v) is 4.07. The molecule has 0 saturated carbocycles. The quantitative estimate of drug-likeness (QED) is 0.817. The molecule has 1 heterocycles. The van der Waals surface area contributed by atoms with Gasteiger partial charge in [-0.15, -0.1) is 0 Å². The summed E-state index contributed by atoms with van der Waals surface area (Å²) in [5, 5.41) is 9.03. The molecule has 0 amide bonds. The Hall–Kier alpha value is -1.49. The summed E-state index contributed by atoms with van der Waals surface area (Å²) in [5.41, 5.74) is 0.757. The SMILES string of the molecule is CCC(CC)N(C)Cc1ncncc1C(=O)O. The number of carboxylic acid groups (broad SMARTS) is 1. The summed E-state index contributed by atoms with van der Waals surface area (Å²) < 4.78 is 0. The molecule has 5 nitrogen and oxygen atoms in total. The summed E-state index contributed by atoms with van der Waals surface area (Å²) in [6.45, 7) is 4.79. The number of nitrogens with zero attached hydrogens (tertiary/aromatic N) is 3. The van der Waals surface area contributed by atoms with Crippen molar-refractivity contribution in [1.29, 1.82) is 0 Å². The number of aromatic carboxylic acids is 1. The van der Waals surface area contributed by atoms with Crippen LogP contribution in [0.2, 0.25) is 0 Å². The van der Waals surface area contributed by atoms with Gasteiger partial charge in [-0.25, -0.2) is 14.8 Å². The number of rotatable bonds is 6. The fourth-order valence-electron chi connectivity index (χ4n) is 1.94. The maximum atomic E-state index is 11.0. The molecule has 0 atom stereocenters. The van der Waals surface area contributed by atoms with Crippen molar-refractivity contribution in [3.8, 4) is 0 Å². The molecule has 0 aliphatic heterocycles. The molecule has 0 bridgehead atoms. The first kappa shape index (κ1) is 13.6. The minimum atomic E-state index is -0.974. The maximum Gasteiger partial charge on any atom is 0.339 e. The maximum absolute atomic E-state index is 11.0. The van der Waals surface area contributed by atoms with E-state index in [0.717, 1.165) is 12.8 Å². The van der Waals surface area contributed by atoms with Gasteiger partial charge in [-0.2, -0.15) is 0 Å². The van der Waals surface area contributed by atoms with Gasteiger partial charge in [0.25, 0.3) is 0 Å². The van der Waals surface area contributed by atoms with E-state index < -0.39 is 5.97 Å². The molecular weight excluding hydrogens is 218 g/mol. The molecule has 0 unspecified atom stereocenters. The molecule has 1 N–H and O–H groups in total. The van der Waals surface area contributed by atoms with Crippen LogP contribution in [0.25, 0.3) is 0 Å². The van der Waals surface area contributed by atoms with Crippen molar-refractivity contribution in [2.24, 2.45) is 0 Å². The van der Waals surface area contributed by atoms with Crippen LogP contribution in [-0.4, -0.2) is 39.0 Å². The van der Waals surface area contributed by atoms with Crippen molar-refractivity contribution < 1.29 is 9.90 Å². The van der Waals surface area contributed by atoms with Crippen LogP contribution < -0.4 is 0 Å². The second-order valence-electron chi connectivity index (χ2n) is 4.07. The molecule has 0 spiro atoms. The molecule has 94 valence electrons. The van der Waals surface area contributed by atoms with Crippen molar-refractivity contribution in [1.82, 2.24) is 14.9 Å². The molecule has 0 fully saturated rings. The van der Waals surface area contributed by atoms with E-state index in [2.05, 4.69) is 28.7 Å². The molecule has 1 aromatic rings. The van der Waals surface area contributed by atoms with E-state index in [9.17, 15) is 4.79 Å². The minimum Gasteiger partial charge on any atom is -0.478 e. The van der Waals surface area contributed by atoms with Gasteiger partial charge in [0.2, 0.25) is 0 Å². The molecule has 5 heteroatoms. The van der Waals surface area contributed by atoms with Gasteiger partial charge >= 0.3 is 5.97 Å². The minimum absolute atomic E-state index is 0.185. The summed E-state index contributed by atoms with van der Waals surface area (Å²) in [6.07, 6.45) is 4.83. The van der Waals surface area contributed by atoms with Gasteiger partial charge in [0.15, 0.2) is 0 Å². The predicted molar refractivity (Wildman–Crippen MR) is 64.8 cm³/mol. The van der Waals surface area contributed by atoms with Crippen molar-refractivity contribution in [2.75, 3.05) is 7.05 Å². The van der Waals surface area contributed by atoms with Crippen LogP contribution in [0.5, 0.6) is 0 Å². The summed E-state index contributed by atoms with van der Waals surface area (Å²) in [4.78, 5) is 21.0. The van der Waals surface area contributed by atoms with Gasteiger partial charge < -0.3 is 5.11 Å². The lowest BCUT2D eigenvalue weighted by Crippen LogP contribution is -2.31. The van der Waals surface area contributed by atoms with Gasteiger partial charge in [-0.3, -0.25) is 4.90 Å². The molecule has 1 rings (SSSR count). The Balaban J connectivity index is 2.84. The lowest BCUT2D eigenvalue weighted by atomic mass is 10.1. The standard InChI is InChI=1S/C12H19N3O2/c1-4-9(5-2)15(3)7-11-10(12(16)17)6-13-8-14-11/h6,8-9H,4-5,7H2,1-3H3,(H,16,17). The number of aromatic nitrogens is 2. The lowest BCUT2D eigenvalue weighted by molar-refractivity contribution is 0.0692. The Morgan fingerprint density at radius 3 is 2.65 bits per heavy atom. The normalized spacial score (nSPS) is 11.1. The van der Waals surface area contributed by atoms with Crippen LogP contribution in [-0.2, 0) is 6.54 Å². The highest BCUT2D eigenvalue weighted by molar-refractivity contribution is 5.88. The van der Waals surface area contributed by atoms with Gasteiger partial charge in [0.05, 0.1) is 5.69 Å². The van der Waals surface area contributed by atoms with E-state index in [1.807, 2.05) is 7.05 Å². The fraction of sp³-hybridized carbons (Fsp3) is 0.583. The zero-order valence-corrected chi connectivity index (χ0v) is 10.6. The van der Waals surface area contributed by atoms with Crippen LogP contribution in [0.15, 0.2) is 12.5 Å². The second kappa shape index (κ2) is 6.30. The van der Waals surface area contributed by atoms with E-state index in [4.69, 9.17) is 5.11 Å². The van der Waals surface area contributed by atoms with Gasteiger partial charge in [0.1, 0.15) is 11.9 Å². The molecule has 0 saturated heterocycles. The van der Waals surface area contributed by atoms with Crippen LogP contribution in [0, 0.1) is 0 Å². The molecule has 0 radical (unpaired) electrons. The van der Waals surface area contributed by atoms with Gasteiger partial charge in [0, 0.05) is 18.8 Å². The lowest BCUT2D eigenvalue weighted by Gasteiger charge is -2.25. The summed E-state index contributed by atoms with van der Waals surface area (Å²) in [5.74, 6) is -0.974. The highest BCUT2D eigenvalue weighted by atomic mass is 16.4. The third-order valence-corrected chi connectivity index (χ3v) is 2.99. The largest absolute Gasteiger partial charge is 0.478 e. The Morgan fingerprint density at radius 2 is 2.12 bits per heavy atom. The smallest absolute Gasteiger partial charge is 0.339 e. The molecule has 1 aromatic heterocycles. The zero-order chi connectivity index (χ0) is 12.8. The third kappa shape index (κ3) is 3.49. The van der Waals surface area contributed by atoms with Gasteiger partial charge in [-0.1, -0.05) is 13.8 Å². The van der Waals surface area contributed by atoms with E-state index >= 15 is 0 Å². The molecule has 0 aliphatic carbocycles. The van der Waals surface area contributed by atoms with Gasteiger partial charge in [-0.05, 0) is 19.9 Å². The highest BCUT2D eigenvalue weighted by Gasteiger charge is 2.16. The van der Waals surface area contributed by atoms with Crippen molar-refractivity contribution >= 4 is 5.97 Å². The first-order valence-electron chi connectivity index (χ1n) is 5.82. The predicted octanol–water partition coefficient (Wildman–Crippen LogP) is 1.80. The molecular formula is C12H19N3O2. The summed E-state index contributed by atoms with van der Waals surface area (Å²) in [7, 11) is 1.99. The average molecular weight is 237 g/mol. The first-order valence-corrected chi connectivity index (χ1v) is 5.82. The van der Waals surface area contributed by atoms with E-state index in [0.29, 0.717) is 18.3 Å². The number of carbonyl (C=O) groups is 1. The highest BCUT2D eigenvalue weighted by Crippen LogP contribution is 2.12. The van der Waals surface area contributed by atoms with E-state index in [1.54, 1.807) is 0 Å². The monoisotopic (exact) mass is 237 g/mol. The van der Waals surface area contributed by atoms with Crippen LogP contribution >= 0.6 is 0 Å². The average Bonchev–Trinajstić information content (AvgIpc) is 2.31. The molecule has 17 heavy (non-hydrogen) atoms. The van der Waals surface area contributed by atoms with E-state index in [1.165, 1.54) is 12.5 Å². The Bertz CT molecular complexity index is 378. The zero-order valence-electron chi connectivity index (χ0n) is 10.6. The van der Waals surface area contributed by atoms with Crippen LogP contribution in [0.1, 0.15) is 42.7 Å². The van der Waals surface area contributed by atoms with Crippen molar-refractivity contribution in [3.63, 3.8) is 0 Å². The van der Waals surface area contributed by atoms with Crippen molar-refractivity contribution in [3.05, 3.63) is 23.8 Å². The molecule has 0 aromatic carbocycles. The summed E-state index contributed by atoms with van der Waals surface area (Å²) in [6, 6.07) is 0.451. The topological polar surface area (TPSA) is 66.3 Å². The first-order chi connectivity index (χ1) is 8.10. The number of hydrogen-bond donors (Lipinski definition) is 1. The number of carboxylic acids is 1. The van der Waals surface area contributed by atoms with Crippen LogP contribution in [0.4, 0.5) is 0 Å². The van der Waals surface area contributed by atoms with Crippen LogP contribution in [0.3, 0.4) is 0 Å². The van der Waals surface area contributed by atoms with Crippen molar-refractivity contribution in [2.45, 2.75) is 39.3 Å². The van der Waals surface area contributed by atoms with E-state index in [-0.39, 0.29) is 5.56 Å². The number of hydrogen-bond acceptors (Lipinski definition) is 4. The Kier molecular flexibility index (Phi) is 5.03. The third-order valence-electron chi connectivity index (χ3n) is 2.99. The Labute approximate surface area is 102 Å². The fourth-order valence-corrected chi connectivity index (χ4v) is 1.94.